The smallest absolute Gasteiger partial charge is 0.335 e. The molecule has 154 valence electrons. The number of carboxylic acid groups (broad SMARTS) is 1. The number of rotatable bonds is 5. The van der Waals surface area contributed by atoms with Crippen LogP contribution < -0.4 is 10.6 Å². The quantitative estimate of drug-likeness (QED) is 0.588. The van der Waals surface area contributed by atoms with Crippen LogP contribution in [-0.4, -0.2) is 34.1 Å². The molecule has 1 amide bonds. The Labute approximate surface area is 175 Å². The number of nitrogens with one attached hydrogen (secondary N) is 2. The summed E-state index contributed by atoms with van der Waals surface area (Å²) in [5.74, 6) is -0.362. The largest absolute Gasteiger partial charge is 0.478 e. The van der Waals surface area contributed by atoms with Gasteiger partial charge in [0.1, 0.15) is 5.82 Å². The van der Waals surface area contributed by atoms with Gasteiger partial charge < -0.3 is 15.7 Å². The number of aryl methyl sites for hydroxylation is 1. The summed E-state index contributed by atoms with van der Waals surface area (Å²) in [6.07, 6.45) is 3.62. The molecule has 3 aromatic rings. The third-order valence-corrected chi connectivity index (χ3v) is 5.71. The molecule has 0 atom stereocenters. The van der Waals surface area contributed by atoms with Crippen LogP contribution >= 0.6 is 0 Å². The maximum Gasteiger partial charge on any atom is 0.335 e. The maximum absolute atomic E-state index is 12.5. The number of hydrogen-bond donors (Lipinski definition) is 3. The minimum atomic E-state index is -1.03. The molecule has 1 saturated carbocycles. The van der Waals surface area contributed by atoms with Crippen LogP contribution in [0.3, 0.4) is 0 Å². The van der Waals surface area contributed by atoms with Gasteiger partial charge in [0.15, 0.2) is 0 Å². The average molecular weight is 403 g/mol. The standard InChI is InChI=1S/C24H25N3O3/c1-15-13-22(27-21-8-3-2-7-20(15)21)25-18-9-11-19(12-10-18)26-23(28)16-5-4-6-17(14-16)24(29)30/h2-8,13-14,18-19H,9-12H2,1H3,(H,25,27)(H,26,28)(H,29,30). The molecule has 1 aliphatic carbocycles. The van der Waals surface area contributed by atoms with Crippen molar-refractivity contribution in [1.29, 1.82) is 0 Å². The van der Waals surface area contributed by atoms with Gasteiger partial charge in [-0.2, -0.15) is 0 Å². The molecule has 0 saturated heterocycles. The van der Waals surface area contributed by atoms with E-state index in [9.17, 15) is 9.59 Å². The lowest BCUT2D eigenvalue weighted by Crippen LogP contribution is -2.40. The second-order valence-electron chi connectivity index (χ2n) is 7.89. The molecule has 6 nitrogen and oxygen atoms in total. The molecule has 0 bridgehead atoms. The van der Waals surface area contributed by atoms with Gasteiger partial charge in [-0.05, 0) is 68.5 Å². The number of hydrogen-bond acceptors (Lipinski definition) is 4. The van der Waals surface area contributed by atoms with E-state index in [0.717, 1.165) is 37.0 Å². The first-order valence-electron chi connectivity index (χ1n) is 10.3. The number of carboxylic acids is 1. The van der Waals surface area contributed by atoms with Crippen LogP contribution in [0.5, 0.6) is 0 Å². The zero-order chi connectivity index (χ0) is 21.1. The summed E-state index contributed by atoms with van der Waals surface area (Å²) in [5, 5.41) is 16.9. The Morgan fingerprint density at radius 3 is 2.40 bits per heavy atom. The molecule has 0 spiro atoms. The van der Waals surface area contributed by atoms with Crippen molar-refractivity contribution < 1.29 is 14.7 Å². The van der Waals surface area contributed by atoms with Gasteiger partial charge in [0.05, 0.1) is 11.1 Å². The Bertz CT molecular complexity index is 1090. The Balaban J connectivity index is 1.33. The van der Waals surface area contributed by atoms with E-state index in [1.807, 2.05) is 18.2 Å². The van der Waals surface area contributed by atoms with Crippen molar-refractivity contribution in [3.8, 4) is 0 Å². The number of carbonyl (C=O) groups excluding carboxylic acids is 1. The highest BCUT2D eigenvalue weighted by Crippen LogP contribution is 2.25. The number of anilines is 1. The van der Waals surface area contributed by atoms with Gasteiger partial charge in [-0.15, -0.1) is 0 Å². The minimum Gasteiger partial charge on any atom is -0.478 e. The van der Waals surface area contributed by atoms with Gasteiger partial charge in [0.2, 0.25) is 0 Å². The van der Waals surface area contributed by atoms with Crippen molar-refractivity contribution in [3.05, 3.63) is 71.3 Å². The molecule has 0 radical (unpaired) electrons. The zero-order valence-corrected chi connectivity index (χ0v) is 16.9. The normalized spacial score (nSPS) is 18.7. The number of carbonyl (C=O) groups is 2. The number of nitrogens with zero attached hydrogens (tertiary/aromatic N) is 1. The Kier molecular flexibility index (Phi) is 5.65. The van der Waals surface area contributed by atoms with Gasteiger partial charge in [0, 0.05) is 23.0 Å². The van der Waals surface area contributed by atoms with Gasteiger partial charge in [-0.25, -0.2) is 9.78 Å². The second kappa shape index (κ2) is 8.53. The average Bonchev–Trinajstić information content (AvgIpc) is 2.75. The van der Waals surface area contributed by atoms with Crippen LogP contribution in [0.25, 0.3) is 10.9 Å². The topological polar surface area (TPSA) is 91.3 Å². The Morgan fingerprint density at radius 2 is 1.63 bits per heavy atom. The molecule has 30 heavy (non-hydrogen) atoms. The van der Waals surface area contributed by atoms with Gasteiger partial charge in [-0.3, -0.25) is 4.79 Å². The number of aromatic carboxylic acids is 1. The fourth-order valence-electron chi connectivity index (χ4n) is 4.08. The first kappa shape index (κ1) is 19.9. The van der Waals surface area contributed by atoms with Crippen LogP contribution in [-0.2, 0) is 0 Å². The zero-order valence-electron chi connectivity index (χ0n) is 16.9. The summed E-state index contributed by atoms with van der Waals surface area (Å²) in [7, 11) is 0. The van der Waals surface area contributed by atoms with E-state index in [2.05, 4.69) is 29.7 Å². The number of benzene rings is 2. The van der Waals surface area contributed by atoms with Gasteiger partial charge in [-0.1, -0.05) is 24.3 Å². The third-order valence-electron chi connectivity index (χ3n) is 5.71. The number of pyridine rings is 1. The van der Waals surface area contributed by atoms with Crippen LogP contribution in [0, 0.1) is 6.92 Å². The van der Waals surface area contributed by atoms with Crippen molar-refractivity contribution >= 4 is 28.6 Å². The van der Waals surface area contributed by atoms with Crippen molar-refractivity contribution in [3.63, 3.8) is 0 Å². The van der Waals surface area contributed by atoms with E-state index in [0.29, 0.717) is 11.6 Å². The molecule has 6 heteroatoms. The lowest BCUT2D eigenvalue weighted by molar-refractivity contribution is 0.0697. The van der Waals surface area contributed by atoms with Crippen LogP contribution in [0.2, 0.25) is 0 Å². The molecule has 1 aromatic heterocycles. The molecule has 0 aliphatic heterocycles. The highest BCUT2D eigenvalue weighted by atomic mass is 16.4. The highest BCUT2D eigenvalue weighted by Gasteiger charge is 2.23. The molecule has 0 unspecified atom stereocenters. The lowest BCUT2D eigenvalue weighted by atomic mass is 9.91. The monoisotopic (exact) mass is 403 g/mol. The van der Waals surface area contributed by atoms with Crippen molar-refractivity contribution in [2.24, 2.45) is 0 Å². The first-order chi connectivity index (χ1) is 14.5. The number of amides is 1. The predicted molar refractivity (Wildman–Crippen MR) is 117 cm³/mol. The summed E-state index contributed by atoms with van der Waals surface area (Å²) in [5.41, 5.74) is 2.69. The second-order valence-corrected chi connectivity index (χ2v) is 7.89. The molecule has 2 aromatic carbocycles. The Morgan fingerprint density at radius 1 is 0.933 bits per heavy atom. The fraction of sp³-hybridized carbons (Fsp3) is 0.292. The Hall–Kier alpha value is -3.41. The van der Waals surface area contributed by atoms with Crippen molar-refractivity contribution in [2.75, 3.05) is 5.32 Å². The molecule has 1 aliphatic rings. The van der Waals surface area contributed by atoms with E-state index in [-0.39, 0.29) is 17.5 Å². The maximum atomic E-state index is 12.5. The van der Waals surface area contributed by atoms with Gasteiger partial charge in [0.25, 0.3) is 5.91 Å². The van der Waals surface area contributed by atoms with Crippen LogP contribution in [0.15, 0.2) is 54.6 Å². The molecule has 3 N–H and O–H groups in total. The van der Waals surface area contributed by atoms with E-state index >= 15 is 0 Å². The molecule has 4 rings (SSSR count). The molecular formula is C24H25N3O3. The van der Waals surface area contributed by atoms with Crippen molar-refractivity contribution in [2.45, 2.75) is 44.7 Å². The third kappa shape index (κ3) is 4.43. The van der Waals surface area contributed by atoms with E-state index in [1.165, 1.54) is 23.1 Å². The van der Waals surface area contributed by atoms with Crippen LogP contribution in [0.4, 0.5) is 5.82 Å². The van der Waals surface area contributed by atoms with Gasteiger partial charge >= 0.3 is 5.97 Å². The summed E-state index contributed by atoms with van der Waals surface area (Å²) in [6.45, 7) is 2.10. The van der Waals surface area contributed by atoms with E-state index in [1.54, 1.807) is 12.1 Å². The van der Waals surface area contributed by atoms with Crippen molar-refractivity contribution in [1.82, 2.24) is 10.3 Å². The van der Waals surface area contributed by atoms with E-state index in [4.69, 9.17) is 10.1 Å². The summed E-state index contributed by atoms with van der Waals surface area (Å²) >= 11 is 0. The summed E-state index contributed by atoms with van der Waals surface area (Å²) in [6, 6.07) is 16.8. The summed E-state index contributed by atoms with van der Waals surface area (Å²) < 4.78 is 0. The van der Waals surface area contributed by atoms with Crippen LogP contribution in [0.1, 0.15) is 52.0 Å². The first-order valence-corrected chi connectivity index (χ1v) is 10.3. The molecule has 1 heterocycles. The molecular weight excluding hydrogens is 378 g/mol. The molecule has 1 fully saturated rings. The highest BCUT2D eigenvalue weighted by molar-refractivity contribution is 5.97. The fourth-order valence-corrected chi connectivity index (χ4v) is 4.08. The number of para-hydroxylation sites is 1. The number of fused-ring (bicyclic) bond motifs is 1. The SMILES string of the molecule is Cc1cc(NC2CCC(NC(=O)c3cccc(C(=O)O)c3)CC2)nc2ccccc12. The minimum absolute atomic E-state index is 0.0929. The van der Waals surface area contributed by atoms with E-state index < -0.39 is 5.97 Å². The predicted octanol–water partition coefficient (Wildman–Crippen LogP) is 4.39. The number of aromatic nitrogens is 1. The summed E-state index contributed by atoms with van der Waals surface area (Å²) in [4.78, 5) is 28.3. The lowest BCUT2D eigenvalue weighted by Gasteiger charge is -2.30.